The van der Waals surface area contributed by atoms with Crippen LogP contribution in [0.25, 0.3) is 5.69 Å². The number of carbonyl (C=O) groups excluding carboxylic acids is 1. The second kappa shape index (κ2) is 7.06. The number of likely N-dealkylation sites (N-methyl/N-ethyl adjacent to an activating group) is 1. The molecule has 2 atom stereocenters. The van der Waals surface area contributed by atoms with Gasteiger partial charge < -0.3 is 15.0 Å². The van der Waals surface area contributed by atoms with E-state index in [0.29, 0.717) is 18.0 Å². The van der Waals surface area contributed by atoms with Crippen molar-refractivity contribution < 1.29 is 9.53 Å². The quantitative estimate of drug-likeness (QED) is 0.855. The van der Waals surface area contributed by atoms with E-state index in [4.69, 9.17) is 4.74 Å². The van der Waals surface area contributed by atoms with Gasteiger partial charge in [0.15, 0.2) is 5.82 Å². The Labute approximate surface area is 140 Å². The number of carbonyl (C=O) groups is 1. The lowest BCUT2D eigenvalue weighted by atomic mass is 10.1. The normalized spacial score (nSPS) is 21.1. The van der Waals surface area contributed by atoms with Crippen LogP contribution < -0.4 is 5.32 Å². The summed E-state index contributed by atoms with van der Waals surface area (Å²) in [5.74, 6) is 0.550. The maximum absolute atomic E-state index is 12.6. The number of nitrogens with zero attached hydrogens (tertiary/aromatic N) is 5. The van der Waals surface area contributed by atoms with E-state index in [1.807, 2.05) is 33.0 Å². The Morgan fingerprint density at radius 2 is 2.25 bits per heavy atom. The summed E-state index contributed by atoms with van der Waals surface area (Å²) >= 11 is 0. The molecule has 0 saturated carbocycles. The first-order valence-corrected chi connectivity index (χ1v) is 8.05. The first-order chi connectivity index (χ1) is 11.6. The SMILES string of the molecule is CCOC1CN(C)CC1NC(=O)c1cccc(-n2nnnc2C)c1. The van der Waals surface area contributed by atoms with Crippen molar-refractivity contribution in [3.05, 3.63) is 35.7 Å². The predicted molar refractivity (Wildman–Crippen MR) is 88.1 cm³/mol. The van der Waals surface area contributed by atoms with Crippen LogP contribution >= 0.6 is 0 Å². The number of nitrogens with one attached hydrogen (secondary N) is 1. The molecule has 1 aliphatic rings. The van der Waals surface area contributed by atoms with Crippen molar-refractivity contribution in [1.29, 1.82) is 0 Å². The van der Waals surface area contributed by atoms with Gasteiger partial charge in [0.25, 0.3) is 5.91 Å². The Hall–Kier alpha value is -2.32. The number of aryl methyl sites for hydroxylation is 1. The van der Waals surface area contributed by atoms with Crippen molar-refractivity contribution in [2.45, 2.75) is 26.0 Å². The molecule has 2 aromatic rings. The first kappa shape index (κ1) is 16.5. The smallest absolute Gasteiger partial charge is 0.251 e. The zero-order valence-corrected chi connectivity index (χ0v) is 14.1. The number of hydrogen-bond donors (Lipinski definition) is 1. The van der Waals surface area contributed by atoms with E-state index in [1.54, 1.807) is 16.8 Å². The summed E-state index contributed by atoms with van der Waals surface area (Å²) in [4.78, 5) is 14.8. The van der Waals surface area contributed by atoms with Crippen molar-refractivity contribution in [3.8, 4) is 5.69 Å². The van der Waals surface area contributed by atoms with E-state index in [-0.39, 0.29) is 18.1 Å². The monoisotopic (exact) mass is 330 g/mol. The molecule has 128 valence electrons. The number of rotatable bonds is 5. The lowest BCUT2D eigenvalue weighted by Gasteiger charge is -2.20. The minimum absolute atomic E-state index is 0.0131. The second-order valence-electron chi connectivity index (χ2n) is 5.98. The van der Waals surface area contributed by atoms with E-state index in [9.17, 15) is 4.79 Å². The van der Waals surface area contributed by atoms with Crippen molar-refractivity contribution >= 4 is 5.91 Å². The number of tetrazole rings is 1. The number of benzene rings is 1. The van der Waals surface area contributed by atoms with Gasteiger partial charge >= 0.3 is 0 Å². The summed E-state index contributed by atoms with van der Waals surface area (Å²) in [5, 5.41) is 14.5. The van der Waals surface area contributed by atoms with E-state index in [0.717, 1.165) is 18.8 Å². The van der Waals surface area contributed by atoms with Crippen LogP contribution in [0.5, 0.6) is 0 Å². The lowest BCUT2D eigenvalue weighted by Crippen LogP contribution is -2.44. The van der Waals surface area contributed by atoms with E-state index < -0.39 is 0 Å². The summed E-state index contributed by atoms with van der Waals surface area (Å²) in [6.45, 7) is 6.02. The van der Waals surface area contributed by atoms with Gasteiger partial charge in [0.1, 0.15) is 0 Å². The molecule has 1 N–H and O–H groups in total. The minimum atomic E-state index is -0.118. The molecule has 2 unspecified atom stereocenters. The number of hydrogen-bond acceptors (Lipinski definition) is 6. The van der Waals surface area contributed by atoms with Crippen LogP contribution in [-0.2, 0) is 4.74 Å². The number of likely N-dealkylation sites (tertiary alicyclic amines) is 1. The van der Waals surface area contributed by atoms with Crippen LogP contribution in [0.15, 0.2) is 24.3 Å². The molecule has 0 bridgehead atoms. The summed E-state index contributed by atoms with van der Waals surface area (Å²) in [7, 11) is 2.03. The first-order valence-electron chi connectivity index (χ1n) is 8.05. The van der Waals surface area contributed by atoms with Gasteiger partial charge in [-0.2, -0.15) is 4.68 Å². The Balaban J connectivity index is 1.75. The molecule has 1 amide bonds. The zero-order valence-electron chi connectivity index (χ0n) is 14.1. The Bertz CT molecular complexity index is 716. The van der Waals surface area contributed by atoms with E-state index in [2.05, 4.69) is 25.7 Å². The molecule has 1 aromatic heterocycles. The average Bonchev–Trinajstić information content (AvgIpc) is 3.14. The van der Waals surface area contributed by atoms with Gasteiger partial charge in [-0.25, -0.2) is 0 Å². The van der Waals surface area contributed by atoms with Crippen LogP contribution in [0.1, 0.15) is 23.1 Å². The van der Waals surface area contributed by atoms with Gasteiger partial charge in [0.05, 0.1) is 17.8 Å². The summed E-state index contributed by atoms with van der Waals surface area (Å²) < 4.78 is 7.33. The van der Waals surface area contributed by atoms with Gasteiger partial charge in [0.2, 0.25) is 0 Å². The van der Waals surface area contributed by atoms with Crippen LogP contribution in [0.2, 0.25) is 0 Å². The third-order valence-corrected chi connectivity index (χ3v) is 4.12. The molecule has 1 saturated heterocycles. The number of aromatic nitrogens is 4. The van der Waals surface area contributed by atoms with Crippen molar-refractivity contribution in [2.75, 3.05) is 26.7 Å². The van der Waals surface area contributed by atoms with Gasteiger partial charge in [-0.15, -0.1) is 5.10 Å². The number of amides is 1. The second-order valence-corrected chi connectivity index (χ2v) is 5.98. The van der Waals surface area contributed by atoms with E-state index >= 15 is 0 Å². The molecule has 1 aliphatic heterocycles. The molecular weight excluding hydrogens is 308 g/mol. The highest BCUT2D eigenvalue weighted by atomic mass is 16.5. The van der Waals surface area contributed by atoms with Crippen molar-refractivity contribution in [3.63, 3.8) is 0 Å². The fraction of sp³-hybridized carbons (Fsp3) is 0.500. The standard InChI is InChI=1S/C16H22N6O2/c1-4-24-15-10-21(3)9-14(15)17-16(23)12-6-5-7-13(8-12)22-11(2)18-19-20-22/h5-8,14-15H,4,9-10H2,1-3H3,(H,17,23). The zero-order chi connectivity index (χ0) is 17.1. The third-order valence-electron chi connectivity index (χ3n) is 4.12. The molecule has 0 radical (unpaired) electrons. The molecule has 8 nitrogen and oxygen atoms in total. The highest BCUT2D eigenvalue weighted by molar-refractivity contribution is 5.95. The fourth-order valence-electron chi connectivity index (χ4n) is 2.98. The van der Waals surface area contributed by atoms with Gasteiger partial charge in [-0.1, -0.05) is 6.07 Å². The highest BCUT2D eigenvalue weighted by Crippen LogP contribution is 2.14. The molecule has 0 spiro atoms. The largest absolute Gasteiger partial charge is 0.375 e. The van der Waals surface area contributed by atoms with Crippen LogP contribution in [0, 0.1) is 6.92 Å². The maximum atomic E-state index is 12.6. The molecule has 24 heavy (non-hydrogen) atoms. The summed E-state index contributed by atoms with van der Waals surface area (Å²) in [6.07, 6.45) is 0.0221. The van der Waals surface area contributed by atoms with Crippen molar-refractivity contribution in [2.24, 2.45) is 0 Å². The fourth-order valence-corrected chi connectivity index (χ4v) is 2.98. The van der Waals surface area contributed by atoms with Crippen LogP contribution in [0.4, 0.5) is 0 Å². The minimum Gasteiger partial charge on any atom is -0.375 e. The summed E-state index contributed by atoms with van der Waals surface area (Å²) in [5.41, 5.74) is 1.34. The van der Waals surface area contributed by atoms with Gasteiger partial charge in [0, 0.05) is 25.3 Å². The van der Waals surface area contributed by atoms with Gasteiger partial charge in [-0.05, 0) is 49.5 Å². The van der Waals surface area contributed by atoms with E-state index in [1.165, 1.54) is 0 Å². The molecule has 0 aliphatic carbocycles. The molecule has 1 fully saturated rings. The third kappa shape index (κ3) is 3.44. The molecule has 3 rings (SSSR count). The predicted octanol–water partition coefficient (Wildman–Crippen LogP) is 0.420. The average molecular weight is 330 g/mol. The Kier molecular flexibility index (Phi) is 4.86. The maximum Gasteiger partial charge on any atom is 0.251 e. The summed E-state index contributed by atoms with van der Waals surface area (Å²) in [6, 6.07) is 7.25. The molecule has 2 heterocycles. The molecule has 1 aromatic carbocycles. The Morgan fingerprint density at radius 3 is 2.96 bits per heavy atom. The van der Waals surface area contributed by atoms with Crippen LogP contribution in [-0.4, -0.2) is 69.9 Å². The van der Waals surface area contributed by atoms with Crippen molar-refractivity contribution in [1.82, 2.24) is 30.4 Å². The van der Waals surface area contributed by atoms with Crippen LogP contribution in [0.3, 0.4) is 0 Å². The topological polar surface area (TPSA) is 85.2 Å². The highest BCUT2D eigenvalue weighted by Gasteiger charge is 2.32. The molecule has 8 heteroatoms. The lowest BCUT2D eigenvalue weighted by molar-refractivity contribution is 0.0513. The molecular formula is C16H22N6O2. The van der Waals surface area contributed by atoms with Gasteiger partial charge in [-0.3, -0.25) is 4.79 Å². The Morgan fingerprint density at radius 1 is 1.42 bits per heavy atom. The number of ether oxygens (including phenoxy) is 1.